The highest BCUT2D eigenvalue weighted by Gasteiger charge is 2.18. The molecule has 2 rings (SSSR count). The highest BCUT2D eigenvalue weighted by atomic mass is 79.9. The maximum absolute atomic E-state index is 4.72. The van der Waals surface area contributed by atoms with Crippen molar-refractivity contribution in [3.63, 3.8) is 0 Å². The van der Waals surface area contributed by atoms with Gasteiger partial charge in [-0.05, 0) is 36.2 Å². The molecule has 0 fully saturated rings. The van der Waals surface area contributed by atoms with Gasteiger partial charge in [-0.2, -0.15) is 5.10 Å². The summed E-state index contributed by atoms with van der Waals surface area (Å²) in [6.07, 6.45) is 1.96. The number of nitrogens with zero attached hydrogens (tertiary/aromatic N) is 4. The summed E-state index contributed by atoms with van der Waals surface area (Å²) in [6, 6.07) is 0. The molecule has 2 heterocycles. The lowest BCUT2D eigenvalue weighted by Gasteiger charge is -2.11. The molecule has 0 atom stereocenters. The van der Waals surface area contributed by atoms with E-state index < -0.39 is 0 Å². The Labute approximate surface area is 128 Å². The molecule has 0 unspecified atom stereocenters. The lowest BCUT2D eigenvalue weighted by molar-refractivity contribution is 0.731. The van der Waals surface area contributed by atoms with Crippen molar-refractivity contribution in [1.29, 1.82) is 0 Å². The van der Waals surface area contributed by atoms with Crippen LogP contribution in [-0.2, 0) is 13.5 Å². The standard InChI is InChI=1S/C14H20BrN5/c1-6-7-10-12(15)14(16-4)18-13(17-10)11-8(2)19-20(5)9(11)3/h6-7H2,1-5H3,(H,16,17,18). The zero-order chi connectivity index (χ0) is 14.9. The molecule has 0 radical (unpaired) electrons. The third-order valence-corrected chi connectivity index (χ3v) is 4.21. The van der Waals surface area contributed by atoms with Gasteiger partial charge in [0, 0.05) is 19.8 Å². The highest BCUT2D eigenvalue weighted by Crippen LogP contribution is 2.30. The van der Waals surface area contributed by atoms with Gasteiger partial charge in [-0.15, -0.1) is 0 Å². The molecule has 0 aliphatic heterocycles. The maximum atomic E-state index is 4.72. The second kappa shape index (κ2) is 5.91. The van der Waals surface area contributed by atoms with E-state index in [-0.39, 0.29) is 0 Å². The molecule has 2 aromatic rings. The van der Waals surface area contributed by atoms with Crippen LogP contribution >= 0.6 is 15.9 Å². The predicted molar refractivity (Wildman–Crippen MR) is 84.9 cm³/mol. The summed E-state index contributed by atoms with van der Waals surface area (Å²) in [5.74, 6) is 1.56. The summed E-state index contributed by atoms with van der Waals surface area (Å²) in [5.41, 5.74) is 4.09. The minimum atomic E-state index is 0.740. The van der Waals surface area contributed by atoms with E-state index in [1.54, 1.807) is 0 Å². The van der Waals surface area contributed by atoms with Gasteiger partial charge in [0.1, 0.15) is 5.82 Å². The second-order valence-corrected chi connectivity index (χ2v) is 5.62. The SMILES string of the molecule is CCCc1nc(-c2c(C)nn(C)c2C)nc(NC)c1Br. The van der Waals surface area contributed by atoms with Crippen LogP contribution in [0.15, 0.2) is 4.47 Å². The van der Waals surface area contributed by atoms with Crippen LogP contribution < -0.4 is 5.32 Å². The van der Waals surface area contributed by atoms with Crippen molar-refractivity contribution in [2.45, 2.75) is 33.6 Å². The van der Waals surface area contributed by atoms with Crippen molar-refractivity contribution in [3.8, 4) is 11.4 Å². The number of hydrogen-bond acceptors (Lipinski definition) is 4. The zero-order valence-corrected chi connectivity index (χ0v) is 14.2. The van der Waals surface area contributed by atoms with Gasteiger partial charge in [0.25, 0.3) is 0 Å². The van der Waals surface area contributed by atoms with Gasteiger partial charge in [-0.25, -0.2) is 9.97 Å². The quantitative estimate of drug-likeness (QED) is 0.930. The van der Waals surface area contributed by atoms with E-state index in [4.69, 9.17) is 4.98 Å². The molecule has 6 heteroatoms. The van der Waals surface area contributed by atoms with Crippen molar-refractivity contribution >= 4 is 21.7 Å². The lowest BCUT2D eigenvalue weighted by atomic mass is 10.1. The maximum Gasteiger partial charge on any atom is 0.165 e. The monoisotopic (exact) mass is 337 g/mol. The first-order chi connectivity index (χ1) is 9.49. The van der Waals surface area contributed by atoms with Crippen LogP contribution in [0.4, 0.5) is 5.82 Å². The first-order valence-electron chi connectivity index (χ1n) is 6.74. The Hall–Kier alpha value is -1.43. The summed E-state index contributed by atoms with van der Waals surface area (Å²) in [6.45, 7) is 6.18. The van der Waals surface area contributed by atoms with Gasteiger partial charge >= 0.3 is 0 Å². The van der Waals surface area contributed by atoms with E-state index >= 15 is 0 Å². The average Bonchev–Trinajstić information content (AvgIpc) is 2.66. The van der Waals surface area contributed by atoms with E-state index in [0.717, 1.165) is 51.6 Å². The van der Waals surface area contributed by atoms with E-state index in [0.29, 0.717) is 0 Å². The van der Waals surface area contributed by atoms with Crippen LogP contribution in [0.1, 0.15) is 30.4 Å². The Balaban J connectivity index is 2.65. The van der Waals surface area contributed by atoms with Crippen LogP contribution in [0.25, 0.3) is 11.4 Å². The summed E-state index contributed by atoms with van der Waals surface area (Å²) in [7, 11) is 3.81. The van der Waals surface area contributed by atoms with Gasteiger partial charge in [-0.1, -0.05) is 13.3 Å². The Morgan fingerprint density at radius 2 is 1.95 bits per heavy atom. The predicted octanol–water partition coefficient (Wildman–Crippen LogP) is 3.25. The van der Waals surface area contributed by atoms with E-state index in [1.807, 2.05) is 32.6 Å². The Morgan fingerprint density at radius 3 is 2.45 bits per heavy atom. The third-order valence-electron chi connectivity index (χ3n) is 3.38. The van der Waals surface area contributed by atoms with E-state index in [2.05, 4.69) is 38.3 Å². The largest absolute Gasteiger partial charge is 0.372 e. The number of anilines is 1. The van der Waals surface area contributed by atoms with Crippen molar-refractivity contribution in [2.75, 3.05) is 12.4 Å². The van der Waals surface area contributed by atoms with Gasteiger partial charge < -0.3 is 5.32 Å². The fraction of sp³-hybridized carbons (Fsp3) is 0.500. The van der Waals surface area contributed by atoms with Crippen molar-refractivity contribution in [3.05, 3.63) is 21.6 Å². The van der Waals surface area contributed by atoms with Crippen molar-refractivity contribution in [2.24, 2.45) is 7.05 Å². The molecule has 0 aliphatic rings. The fourth-order valence-corrected chi connectivity index (χ4v) is 2.84. The van der Waals surface area contributed by atoms with Crippen LogP contribution in [0, 0.1) is 13.8 Å². The molecule has 0 bridgehead atoms. The van der Waals surface area contributed by atoms with Crippen LogP contribution in [0.5, 0.6) is 0 Å². The van der Waals surface area contributed by atoms with Gasteiger partial charge in [0.2, 0.25) is 0 Å². The van der Waals surface area contributed by atoms with Gasteiger partial charge in [0.05, 0.1) is 21.4 Å². The zero-order valence-electron chi connectivity index (χ0n) is 12.6. The second-order valence-electron chi connectivity index (χ2n) is 4.83. The molecule has 5 nitrogen and oxygen atoms in total. The molecule has 0 aliphatic carbocycles. The summed E-state index contributed by atoms with van der Waals surface area (Å²) < 4.78 is 2.82. The van der Waals surface area contributed by atoms with Crippen molar-refractivity contribution < 1.29 is 0 Å². The molecule has 1 N–H and O–H groups in total. The number of halogens is 1. The summed E-state index contributed by atoms with van der Waals surface area (Å²) >= 11 is 3.58. The minimum Gasteiger partial charge on any atom is -0.372 e. The topological polar surface area (TPSA) is 55.6 Å². The molecule has 2 aromatic heterocycles. The smallest absolute Gasteiger partial charge is 0.165 e. The number of aromatic nitrogens is 4. The van der Waals surface area contributed by atoms with Crippen molar-refractivity contribution in [1.82, 2.24) is 19.7 Å². The van der Waals surface area contributed by atoms with Crippen LogP contribution in [-0.4, -0.2) is 26.8 Å². The fourth-order valence-electron chi connectivity index (χ4n) is 2.27. The normalized spacial score (nSPS) is 10.9. The molecular weight excluding hydrogens is 318 g/mol. The molecule has 0 aromatic carbocycles. The first kappa shape index (κ1) is 15.0. The molecular formula is C14H20BrN5. The molecule has 108 valence electrons. The third kappa shape index (κ3) is 2.57. The lowest BCUT2D eigenvalue weighted by Crippen LogP contribution is -2.04. The summed E-state index contributed by atoms with van der Waals surface area (Å²) in [4.78, 5) is 9.34. The minimum absolute atomic E-state index is 0.740. The van der Waals surface area contributed by atoms with Gasteiger partial charge in [-0.3, -0.25) is 4.68 Å². The number of aryl methyl sites for hydroxylation is 3. The number of rotatable bonds is 4. The Kier molecular flexibility index (Phi) is 4.42. The van der Waals surface area contributed by atoms with Crippen LogP contribution in [0.3, 0.4) is 0 Å². The number of nitrogens with one attached hydrogen (secondary N) is 1. The Bertz CT molecular complexity index is 633. The van der Waals surface area contributed by atoms with Crippen LogP contribution in [0.2, 0.25) is 0 Å². The molecule has 0 saturated heterocycles. The van der Waals surface area contributed by atoms with Gasteiger partial charge in [0.15, 0.2) is 5.82 Å². The molecule has 0 saturated carbocycles. The van der Waals surface area contributed by atoms with E-state index in [9.17, 15) is 0 Å². The molecule has 20 heavy (non-hydrogen) atoms. The van der Waals surface area contributed by atoms with E-state index in [1.165, 1.54) is 0 Å². The highest BCUT2D eigenvalue weighted by molar-refractivity contribution is 9.10. The first-order valence-corrected chi connectivity index (χ1v) is 7.53. The molecule has 0 amide bonds. The molecule has 0 spiro atoms. The Morgan fingerprint density at radius 1 is 1.25 bits per heavy atom. The summed E-state index contributed by atoms with van der Waals surface area (Å²) in [5, 5.41) is 7.57. The average molecular weight is 338 g/mol. The number of hydrogen-bond donors (Lipinski definition) is 1.